The van der Waals surface area contributed by atoms with E-state index in [1.54, 1.807) is 35.7 Å². The van der Waals surface area contributed by atoms with E-state index in [-0.39, 0.29) is 32.4 Å². The van der Waals surface area contributed by atoms with Crippen molar-refractivity contribution in [1.82, 2.24) is 10.3 Å². The average molecular weight is 635 g/mol. The summed E-state index contributed by atoms with van der Waals surface area (Å²) in [4.78, 5) is 43.3. The van der Waals surface area contributed by atoms with Crippen molar-refractivity contribution in [3.8, 4) is 0 Å². The number of halogens is 2. The average Bonchev–Trinajstić information content (AvgIpc) is 2.98. The molecule has 1 saturated heterocycles. The number of Topliss-reactive ketones (excluding diaryl/α,β-unsaturated/α-hetero) is 1. The molecule has 3 N–H and O–H groups in total. The molecule has 5 rings (SSSR count). The molecule has 2 heterocycles. The van der Waals surface area contributed by atoms with Crippen molar-refractivity contribution in [2.45, 2.75) is 68.4 Å². The van der Waals surface area contributed by atoms with E-state index in [0.29, 0.717) is 12.1 Å². The van der Waals surface area contributed by atoms with Gasteiger partial charge in [0.25, 0.3) is 5.91 Å². The van der Waals surface area contributed by atoms with Crippen LogP contribution >= 0.6 is 46.7 Å². The van der Waals surface area contributed by atoms with E-state index >= 15 is 0 Å². The molecule has 0 radical (unpaired) electrons. The summed E-state index contributed by atoms with van der Waals surface area (Å²) >= 11 is 15.8. The number of rotatable bonds is 9. The van der Waals surface area contributed by atoms with Gasteiger partial charge in [-0.25, -0.2) is 4.79 Å². The third-order valence-corrected chi connectivity index (χ3v) is 11.9. The second-order valence-corrected chi connectivity index (χ2v) is 14.4. The van der Waals surface area contributed by atoms with Crippen molar-refractivity contribution >= 4 is 70.1 Å². The normalized spacial score (nSPS) is 20.3. The highest BCUT2D eigenvalue weighted by molar-refractivity contribution is 8.17. The molecule has 218 valence electrons. The van der Waals surface area contributed by atoms with Crippen molar-refractivity contribution in [1.29, 1.82) is 0 Å². The van der Waals surface area contributed by atoms with E-state index in [4.69, 9.17) is 23.2 Å². The number of allylic oxidation sites excluding steroid dienone is 1. The lowest BCUT2D eigenvalue weighted by Crippen LogP contribution is -2.61. The number of aliphatic carboxylic acids is 1. The summed E-state index contributed by atoms with van der Waals surface area (Å²) in [6.45, 7) is 1.87. The number of nitrogens with zero attached hydrogens (tertiary/aromatic N) is 1. The molecule has 2 aliphatic carbocycles. The number of thioether (sulfide) groups is 2. The van der Waals surface area contributed by atoms with Gasteiger partial charge in [-0.3, -0.25) is 14.6 Å². The highest BCUT2D eigenvalue weighted by Gasteiger charge is 2.58. The molecule has 1 aromatic carbocycles. The van der Waals surface area contributed by atoms with Gasteiger partial charge in [-0.2, -0.15) is 0 Å². The van der Waals surface area contributed by atoms with E-state index < -0.39 is 22.8 Å². The molecule has 3 aliphatic rings. The zero-order valence-electron chi connectivity index (χ0n) is 22.8. The number of carbonyl (C=O) groups excluding carboxylic acids is 2. The molecular weight excluding hydrogens is 601 g/mol. The first kappa shape index (κ1) is 30.3. The molecule has 1 aromatic heterocycles. The van der Waals surface area contributed by atoms with E-state index in [9.17, 15) is 19.5 Å². The number of aromatic nitrogens is 1. The first-order chi connectivity index (χ1) is 19.7. The lowest BCUT2D eigenvalue weighted by molar-refractivity contribution is -0.145. The molecule has 1 aliphatic heterocycles. The van der Waals surface area contributed by atoms with E-state index in [0.717, 1.165) is 66.9 Å². The van der Waals surface area contributed by atoms with Crippen LogP contribution in [0.4, 0.5) is 5.69 Å². The zero-order valence-corrected chi connectivity index (χ0v) is 25.9. The Morgan fingerprint density at radius 3 is 2.27 bits per heavy atom. The Hall–Kier alpha value is -2.20. The molecule has 1 spiro atoms. The molecule has 7 nitrogen and oxygen atoms in total. The second-order valence-electron chi connectivity index (χ2n) is 10.9. The van der Waals surface area contributed by atoms with Crippen molar-refractivity contribution in [2.75, 3.05) is 16.8 Å². The van der Waals surface area contributed by atoms with Gasteiger partial charge in [0.1, 0.15) is 5.54 Å². The highest BCUT2D eigenvalue weighted by Crippen LogP contribution is 2.56. The van der Waals surface area contributed by atoms with Gasteiger partial charge < -0.3 is 15.7 Å². The lowest BCUT2D eigenvalue weighted by Gasteiger charge is -2.51. The molecule has 2 fully saturated rings. The molecule has 0 unspecified atom stereocenters. The van der Waals surface area contributed by atoms with Gasteiger partial charge in [0.15, 0.2) is 5.78 Å². The number of amides is 1. The monoisotopic (exact) mass is 633 g/mol. The zero-order chi connectivity index (χ0) is 29.2. The van der Waals surface area contributed by atoms with E-state index in [2.05, 4.69) is 15.6 Å². The van der Waals surface area contributed by atoms with Crippen molar-refractivity contribution in [3.63, 3.8) is 0 Å². The number of carbonyl (C=O) groups is 3. The van der Waals surface area contributed by atoms with Crippen molar-refractivity contribution in [2.24, 2.45) is 5.41 Å². The number of nitrogens with one attached hydrogen (secondary N) is 2. The van der Waals surface area contributed by atoms with Crippen LogP contribution in [-0.2, 0) is 16.0 Å². The van der Waals surface area contributed by atoms with Gasteiger partial charge in [-0.15, -0.1) is 23.5 Å². The minimum absolute atomic E-state index is 0.0555. The van der Waals surface area contributed by atoms with E-state index in [1.165, 1.54) is 12.4 Å². The Bertz CT molecular complexity index is 1350. The summed E-state index contributed by atoms with van der Waals surface area (Å²) in [6, 6.07) is 7.08. The van der Waals surface area contributed by atoms with E-state index in [1.807, 2.05) is 19.1 Å². The summed E-state index contributed by atoms with van der Waals surface area (Å²) in [5, 5.41) is 17.2. The standard InChI is InChI=1S/C30H33Cl2N3O4S2/c1-2-30(28(38)39,15-18-7-9-19(10-8-18)34-26(37)22-20(31)16-33-17-21(22)32)35-24-23(27-40-13-6-14-41-27)25(36)29(24)11-4-3-5-12-29/h7-10,16-17,27,35H,2-6,11-15H2,1H3,(H,34,37)(H,38,39)/t30-/m0/s1. The SMILES string of the molecule is CC[C@@](Cc1ccc(NC(=O)c2c(Cl)cncc2Cl)cc1)(NC1=C(C2SCCCS2)C(=O)C12CCCCC2)C(=O)O. The Morgan fingerprint density at radius 2 is 1.68 bits per heavy atom. The van der Waals surface area contributed by atoms with Crippen LogP contribution in [-0.4, -0.2) is 49.4 Å². The molecule has 11 heteroatoms. The number of benzene rings is 1. The predicted octanol–water partition coefficient (Wildman–Crippen LogP) is 6.99. The minimum Gasteiger partial charge on any atom is -0.479 e. The van der Waals surface area contributed by atoms with Gasteiger partial charge in [0, 0.05) is 35.8 Å². The summed E-state index contributed by atoms with van der Waals surface area (Å²) in [7, 11) is 0. The van der Waals surface area contributed by atoms with Crippen molar-refractivity contribution < 1.29 is 19.5 Å². The van der Waals surface area contributed by atoms with Crippen LogP contribution in [0.15, 0.2) is 47.9 Å². The number of anilines is 1. The number of hydrogen-bond donors (Lipinski definition) is 3. The number of carboxylic acids is 1. The molecule has 41 heavy (non-hydrogen) atoms. The van der Waals surface area contributed by atoms with Crippen molar-refractivity contribution in [3.05, 3.63) is 69.1 Å². The van der Waals surface area contributed by atoms with Crippen LogP contribution in [0.3, 0.4) is 0 Å². The smallest absolute Gasteiger partial charge is 0.329 e. The third-order valence-electron chi connectivity index (χ3n) is 8.37. The third kappa shape index (κ3) is 5.88. The first-order valence-electron chi connectivity index (χ1n) is 13.9. The topological polar surface area (TPSA) is 108 Å². The molecule has 1 atom stereocenters. The quantitative estimate of drug-likeness (QED) is 0.271. The second kappa shape index (κ2) is 12.6. The van der Waals surface area contributed by atoms with Gasteiger partial charge in [0.2, 0.25) is 0 Å². The maximum atomic E-state index is 13.7. The fraction of sp³-hybridized carbons (Fsp3) is 0.467. The Labute approximate surface area is 258 Å². The van der Waals surface area contributed by atoms with Crippen LogP contribution in [0.2, 0.25) is 10.0 Å². The van der Waals surface area contributed by atoms with Crippen LogP contribution in [0.1, 0.15) is 67.8 Å². The van der Waals surface area contributed by atoms with Crippen LogP contribution < -0.4 is 10.6 Å². The van der Waals surface area contributed by atoms with Crippen LogP contribution in [0, 0.1) is 5.41 Å². The Kier molecular flexibility index (Phi) is 9.28. The summed E-state index contributed by atoms with van der Waals surface area (Å²) in [5.41, 5.74) is 1.27. The molecular formula is C30H33Cl2N3O4S2. The minimum atomic E-state index is -1.28. The summed E-state index contributed by atoms with van der Waals surface area (Å²) in [6.07, 6.45) is 9.00. The molecule has 2 aromatic rings. The largest absolute Gasteiger partial charge is 0.479 e. The molecule has 1 amide bonds. The number of pyridine rings is 1. The number of carboxylic acid groups (broad SMARTS) is 1. The summed E-state index contributed by atoms with van der Waals surface area (Å²) < 4.78 is 0.0555. The van der Waals surface area contributed by atoms with Crippen LogP contribution in [0.25, 0.3) is 0 Å². The van der Waals surface area contributed by atoms with Gasteiger partial charge in [-0.05, 0) is 54.9 Å². The van der Waals surface area contributed by atoms with Gasteiger partial charge in [0.05, 0.1) is 25.6 Å². The number of ketones is 1. The maximum absolute atomic E-state index is 13.7. The Morgan fingerprint density at radius 1 is 1.05 bits per heavy atom. The molecule has 0 bridgehead atoms. The highest BCUT2D eigenvalue weighted by atomic mass is 35.5. The summed E-state index contributed by atoms with van der Waals surface area (Å²) in [5.74, 6) is 0.830. The van der Waals surface area contributed by atoms with Gasteiger partial charge in [-0.1, -0.05) is 61.5 Å². The maximum Gasteiger partial charge on any atom is 0.329 e. The fourth-order valence-corrected chi connectivity index (χ4v) is 9.55. The lowest BCUT2D eigenvalue weighted by atomic mass is 9.58. The predicted molar refractivity (Wildman–Crippen MR) is 167 cm³/mol. The van der Waals surface area contributed by atoms with Gasteiger partial charge >= 0.3 is 5.97 Å². The Balaban J connectivity index is 1.39. The molecule has 1 saturated carbocycles. The fourth-order valence-electron chi connectivity index (χ4n) is 6.03. The van der Waals surface area contributed by atoms with Crippen LogP contribution in [0.5, 0.6) is 0 Å². The number of hydrogen-bond acceptors (Lipinski definition) is 7. The first-order valence-corrected chi connectivity index (χ1v) is 16.8.